The van der Waals surface area contributed by atoms with Gasteiger partial charge in [0.25, 0.3) is 0 Å². The molecule has 3 unspecified atom stereocenters. The second-order valence-electron chi connectivity index (χ2n) is 13.3. The first kappa shape index (κ1) is 58.0. The molecule has 0 spiro atoms. The number of aliphatic hydroxyl groups excluding tert-OH is 13. The zero-order valence-electron chi connectivity index (χ0n) is 33.8. The predicted octanol–water partition coefficient (Wildman–Crippen LogP) is -8.65. The molecular formula is C35H74N2O22. The summed E-state index contributed by atoms with van der Waals surface area (Å²) >= 11 is 0. The van der Waals surface area contributed by atoms with Crippen LogP contribution < -0.4 is 5.73 Å². The summed E-state index contributed by atoms with van der Waals surface area (Å²) in [5.74, 6) is 0. The Morgan fingerprint density at radius 3 is 0.966 bits per heavy atom. The van der Waals surface area contributed by atoms with Crippen LogP contribution >= 0.6 is 0 Å². The van der Waals surface area contributed by atoms with E-state index in [1.807, 2.05) is 0 Å². The van der Waals surface area contributed by atoms with E-state index in [0.29, 0.717) is 26.4 Å². The minimum atomic E-state index is -1.90. The van der Waals surface area contributed by atoms with E-state index in [1.165, 1.54) is 4.90 Å². The normalized spacial score (nSPS) is 17.9. The molecule has 24 heteroatoms. The maximum Gasteiger partial charge on any atom is 0.111 e. The molecule has 0 bridgehead atoms. The number of ether oxygens (including phenoxy) is 9. The van der Waals surface area contributed by atoms with Crippen molar-refractivity contribution in [3.8, 4) is 0 Å². The van der Waals surface area contributed by atoms with Crippen LogP contribution in [0.5, 0.6) is 0 Å². The van der Waals surface area contributed by atoms with Gasteiger partial charge in [0.2, 0.25) is 0 Å². The van der Waals surface area contributed by atoms with Gasteiger partial charge in [-0.05, 0) is 0 Å². The van der Waals surface area contributed by atoms with Crippen LogP contribution in [0.1, 0.15) is 0 Å². The van der Waals surface area contributed by atoms with Crippen LogP contribution in [-0.4, -0.2) is 297 Å². The summed E-state index contributed by atoms with van der Waals surface area (Å²) in [6.45, 7) is 1.04. The first-order chi connectivity index (χ1) is 28.3. The van der Waals surface area contributed by atoms with E-state index in [0.717, 1.165) is 0 Å². The van der Waals surface area contributed by atoms with Crippen LogP contribution in [0.3, 0.4) is 0 Å². The maximum atomic E-state index is 10.4. The van der Waals surface area contributed by atoms with Gasteiger partial charge in [-0.25, -0.2) is 0 Å². The molecule has 0 aromatic rings. The zero-order valence-corrected chi connectivity index (χ0v) is 33.8. The van der Waals surface area contributed by atoms with Crippen LogP contribution in [0.4, 0.5) is 0 Å². The Kier molecular flexibility index (Phi) is 38.1. The molecule has 0 aliphatic heterocycles. The minimum Gasteiger partial charge on any atom is -0.394 e. The highest BCUT2D eigenvalue weighted by Crippen LogP contribution is 2.11. The number of nitrogens with zero attached hydrogens (tertiary/aromatic N) is 1. The third kappa shape index (κ3) is 30.7. The SMILES string of the molecule is NCCOCCOCC(O)COCCOCCOCC(O)C(O)COCCOCCOCCOCCN(C[C@H](O)[C@@H](O)[C@H](O)[C@H](O)CO)C[C@H](O)[C@@H](O)[C@H](O)[C@H](O)CO. The van der Waals surface area contributed by atoms with E-state index in [9.17, 15) is 56.2 Å². The highest BCUT2D eigenvalue weighted by atomic mass is 16.6. The fourth-order valence-electron chi connectivity index (χ4n) is 4.74. The average molecular weight is 875 g/mol. The molecule has 0 aliphatic carbocycles. The summed E-state index contributed by atoms with van der Waals surface area (Å²) in [6.07, 6.45) is -17.6. The van der Waals surface area contributed by atoms with Gasteiger partial charge in [-0.3, -0.25) is 4.90 Å². The summed E-state index contributed by atoms with van der Waals surface area (Å²) in [7, 11) is 0. The second kappa shape index (κ2) is 38.7. The smallest absolute Gasteiger partial charge is 0.111 e. The van der Waals surface area contributed by atoms with Gasteiger partial charge in [-0.15, -0.1) is 0 Å². The molecule has 0 heterocycles. The molecule has 0 saturated carbocycles. The van der Waals surface area contributed by atoms with E-state index in [4.69, 9.17) is 58.6 Å². The van der Waals surface area contributed by atoms with Crippen molar-refractivity contribution in [2.24, 2.45) is 5.73 Å². The van der Waals surface area contributed by atoms with E-state index in [2.05, 4.69) is 0 Å². The van der Waals surface area contributed by atoms with Crippen LogP contribution in [0.15, 0.2) is 0 Å². The lowest BCUT2D eigenvalue weighted by Crippen LogP contribution is -2.53. The molecule has 11 atom stereocenters. The zero-order chi connectivity index (χ0) is 44.3. The lowest BCUT2D eigenvalue weighted by molar-refractivity contribution is -0.131. The molecule has 24 nitrogen and oxygen atoms in total. The van der Waals surface area contributed by atoms with Crippen molar-refractivity contribution >= 4 is 0 Å². The molecule has 0 rings (SSSR count). The number of nitrogens with two attached hydrogens (primary N) is 1. The van der Waals surface area contributed by atoms with E-state index < -0.39 is 93.4 Å². The lowest BCUT2D eigenvalue weighted by atomic mass is 10.0. The molecule has 0 aliphatic rings. The summed E-state index contributed by atoms with van der Waals surface area (Å²) in [5, 5.41) is 128. The van der Waals surface area contributed by atoms with E-state index in [1.54, 1.807) is 0 Å². The number of hydrogen-bond acceptors (Lipinski definition) is 24. The van der Waals surface area contributed by atoms with Crippen molar-refractivity contribution in [1.29, 1.82) is 0 Å². The second-order valence-corrected chi connectivity index (χ2v) is 13.3. The third-order valence-corrected chi connectivity index (χ3v) is 8.23. The maximum absolute atomic E-state index is 10.4. The van der Waals surface area contributed by atoms with Crippen molar-refractivity contribution in [2.45, 2.75) is 67.1 Å². The quantitative estimate of drug-likeness (QED) is 0.0253. The van der Waals surface area contributed by atoms with Gasteiger partial charge in [0.15, 0.2) is 0 Å². The topological polar surface area (TPSA) is 375 Å². The van der Waals surface area contributed by atoms with Crippen LogP contribution in [0.25, 0.3) is 0 Å². The summed E-state index contributed by atoms with van der Waals surface area (Å²) in [6, 6.07) is 0. The van der Waals surface area contributed by atoms with Gasteiger partial charge < -0.3 is 115 Å². The molecule has 59 heavy (non-hydrogen) atoms. The Bertz CT molecular complexity index is 880. The van der Waals surface area contributed by atoms with Crippen LogP contribution in [-0.2, 0) is 42.6 Å². The fraction of sp³-hybridized carbons (Fsp3) is 1.00. The highest BCUT2D eigenvalue weighted by molar-refractivity contribution is 4.86. The lowest BCUT2D eigenvalue weighted by Gasteiger charge is -2.33. The number of rotatable bonds is 44. The Labute approximate surface area is 345 Å². The predicted molar refractivity (Wildman–Crippen MR) is 203 cm³/mol. The Hall–Kier alpha value is -0.960. The van der Waals surface area contributed by atoms with Crippen molar-refractivity contribution < 1.29 is 109 Å². The van der Waals surface area contributed by atoms with Gasteiger partial charge >= 0.3 is 0 Å². The molecule has 0 aromatic heterocycles. The molecule has 0 aromatic carbocycles. The fourth-order valence-corrected chi connectivity index (χ4v) is 4.74. The Balaban J connectivity index is 4.04. The molecule has 0 fully saturated rings. The molecule has 15 N–H and O–H groups in total. The minimum absolute atomic E-state index is 0.00188. The van der Waals surface area contributed by atoms with Crippen LogP contribution in [0.2, 0.25) is 0 Å². The van der Waals surface area contributed by atoms with Crippen molar-refractivity contribution in [1.82, 2.24) is 4.90 Å². The van der Waals surface area contributed by atoms with E-state index >= 15 is 0 Å². The molecule has 0 radical (unpaired) electrons. The van der Waals surface area contributed by atoms with Gasteiger partial charge in [0.1, 0.15) is 54.9 Å². The van der Waals surface area contributed by atoms with Gasteiger partial charge in [-0.2, -0.15) is 0 Å². The van der Waals surface area contributed by atoms with Crippen molar-refractivity contribution in [3.63, 3.8) is 0 Å². The summed E-state index contributed by atoms with van der Waals surface area (Å²) in [4.78, 5) is 1.32. The molecule has 0 amide bonds. The first-order valence-corrected chi connectivity index (χ1v) is 19.6. The van der Waals surface area contributed by atoms with E-state index in [-0.39, 0.29) is 106 Å². The largest absolute Gasteiger partial charge is 0.394 e. The number of hydrogen-bond donors (Lipinski definition) is 14. The summed E-state index contributed by atoms with van der Waals surface area (Å²) < 4.78 is 48.0. The van der Waals surface area contributed by atoms with Crippen molar-refractivity contribution in [3.05, 3.63) is 0 Å². The molecular weight excluding hydrogens is 800 g/mol. The molecule has 0 saturated heterocycles. The van der Waals surface area contributed by atoms with Gasteiger partial charge in [0.05, 0.1) is 144 Å². The first-order valence-electron chi connectivity index (χ1n) is 19.6. The average Bonchev–Trinajstić information content (AvgIpc) is 3.23. The third-order valence-electron chi connectivity index (χ3n) is 8.23. The van der Waals surface area contributed by atoms with Gasteiger partial charge in [0, 0.05) is 26.2 Å². The monoisotopic (exact) mass is 874 g/mol. The standard InChI is InChI=1S/C35H74N2O22/c36-1-3-51-9-13-56-21-25(40)22-57-14-10-55-12-16-59-24-31(46)30(45)23-58-15-11-54-8-7-53-6-5-52-4-2-37(17-26(41)32(47)34(49)28(43)19-38)18-27(42)33(48)35(50)29(44)20-39/h25-35,38-50H,1-24,36H2/t25?,26-,27-,28+,29+,30?,31?,32+,33+,34+,35+/m0/s1. The van der Waals surface area contributed by atoms with Crippen molar-refractivity contribution in [2.75, 3.05) is 158 Å². The van der Waals surface area contributed by atoms with Gasteiger partial charge in [-0.1, -0.05) is 0 Å². The highest BCUT2D eigenvalue weighted by Gasteiger charge is 2.34. The summed E-state index contributed by atoms with van der Waals surface area (Å²) in [5.41, 5.74) is 5.31. The number of aliphatic hydroxyl groups is 13. The molecule has 356 valence electrons. The van der Waals surface area contributed by atoms with Crippen LogP contribution in [0, 0.1) is 0 Å². The Morgan fingerprint density at radius 2 is 0.627 bits per heavy atom. The Morgan fingerprint density at radius 1 is 0.339 bits per heavy atom.